The number of hydrogen-bond donors (Lipinski definition) is 1. The minimum absolute atomic E-state index is 0.0348. The van der Waals surface area contributed by atoms with Gasteiger partial charge in [-0.1, -0.05) is 19.9 Å². The molecule has 1 saturated carbocycles. The van der Waals surface area contributed by atoms with Gasteiger partial charge in [-0.05, 0) is 31.1 Å². The monoisotopic (exact) mass is 325 g/mol. The minimum atomic E-state index is -0.525. The number of allylic oxidation sites excluding steroid dienone is 1. The van der Waals surface area contributed by atoms with Crippen LogP contribution < -0.4 is 5.32 Å². The highest BCUT2D eigenvalue weighted by atomic mass is 16.7. The van der Waals surface area contributed by atoms with Crippen molar-refractivity contribution in [1.82, 2.24) is 5.32 Å². The molecule has 0 aromatic rings. The SMILES string of the molecule is COC(=O)/C(=C/C[C@@H]1C[C@H](C2(C)OCCO2)C1(C)C)NC(C)=O. The molecule has 1 N–H and O–H groups in total. The molecular weight excluding hydrogens is 298 g/mol. The zero-order valence-electron chi connectivity index (χ0n) is 14.6. The van der Waals surface area contributed by atoms with Crippen LogP contribution in [0.25, 0.3) is 0 Å². The van der Waals surface area contributed by atoms with Gasteiger partial charge in [0.15, 0.2) is 5.79 Å². The van der Waals surface area contributed by atoms with E-state index in [1.54, 1.807) is 6.08 Å². The Labute approximate surface area is 137 Å². The smallest absolute Gasteiger partial charge is 0.354 e. The van der Waals surface area contributed by atoms with Crippen molar-refractivity contribution < 1.29 is 23.8 Å². The molecule has 6 heteroatoms. The van der Waals surface area contributed by atoms with Gasteiger partial charge in [0.05, 0.1) is 20.3 Å². The van der Waals surface area contributed by atoms with Gasteiger partial charge >= 0.3 is 5.97 Å². The Bertz CT molecular complexity index is 505. The van der Waals surface area contributed by atoms with E-state index in [1.165, 1.54) is 14.0 Å². The summed E-state index contributed by atoms with van der Waals surface area (Å²) in [5.74, 6) is -0.605. The van der Waals surface area contributed by atoms with E-state index in [0.717, 1.165) is 6.42 Å². The Morgan fingerprint density at radius 2 is 1.87 bits per heavy atom. The van der Waals surface area contributed by atoms with Gasteiger partial charge in [0.25, 0.3) is 0 Å². The Morgan fingerprint density at radius 3 is 2.35 bits per heavy atom. The molecule has 0 unspecified atom stereocenters. The molecule has 2 atom stereocenters. The van der Waals surface area contributed by atoms with Crippen molar-refractivity contribution in [3.8, 4) is 0 Å². The van der Waals surface area contributed by atoms with E-state index in [-0.39, 0.29) is 17.0 Å². The lowest BCUT2D eigenvalue weighted by molar-refractivity contribution is -0.252. The molecule has 2 rings (SSSR count). The second kappa shape index (κ2) is 6.61. The molecule has 6 nitrogen and oxygen atoms in total. The summed E-state index contributed by atoms with van der Waals surface area (Å²) in [5.41, 5.74) is 0.242. The highest BCUT2D eigenvalue weighted by molar-refractivity contribution is 5.93. The number of amides is 1. The molecule has 1 aliphatic carbocycles. The largest absolute Gasteiger partial charge is 0.464 e. The molecule has 0 bridgehead atoms. The average Bonchev–Trinajstić information content (AvgIpc) is 2.90. The lowest BCUT2D eigenvalue weighted by Gasteiger charge is -2.57. The molecule has 1 saturated heterocycles. The highest BCUT2D eigenvalue weighted by Crippen LogP contribution is 2.58. The summed E-state index contributed by atoms with van der Waals surface area (Å²) < 4.78 is 16.3. The van der Waals surface area contributed by atoms with Crippen molar-refractivity contribution in [1.29, 1.82) is 0 Å². The zero-order valence-corrected chi connectivity index (χ0v) is 14.6. The van der Waals surface area contributed by atoms with Gasteiger partial charge < -0.3 is 19.5 Å². The minimum Gasteiger partial charge on any atom is -0.464 e. The number of carbonyl (C=O) groups is 2. The van der Waals surface area contributed by atoms with Crippen LogP contribution in [0.5, 0.6) is 0 Å². The number of hydrogen-bond acceptors (Lipinski definition) is 5. The van der Waals surface area contributed by atoms with Gasteiger partial charge in [-0.2, -0.15) is 0 Å². The third-order valence-electron chi connectivity index (χ3n) is 5.29. The number of ether oxygens (including phenoxy) is 3. The summed E-state index contributed by atoms with van der Waals surface area (Å²) in [6.07, 6.45) is 3.42. The van der Waals surface area contributed by atoms with E-state index < -0.39 is 11.8 Å². The fourth-order valence-electron chi connectivity index (χ4n) is 3.78. The summed E-state index contributed by atoms with van der Waals surface area (Å²) in [4.78, 5) is 22.9. The predicted molar refractivity (Wildman–Crippen MR) is 84.2 cm³/mol. The summed E-state index contributed by atoms with van der Waals surface area (Å²) >= 11 is 0. The predicted octanol–water partition coefficient (Wildman–Crippen LogP) is 1.99. The number of carbonyl (C=O) groups excluding carboxylic acids is 2. The van der Waals surface area contributed by atoms with Crippen LogP contribution in [0.1, 0.15) is 40.5 Å². The van der Waals surface area contributed by atoms with Crippen molar-refractivity contribution in [2.24, 2.45) is 17.3 Å². The van der Waals surface area contributed by atoms with Crippen molar-refractivity contribution in [3.05, 3.63) is 11.8 Å². The van der Waals surface area contributed by atoms with Crippen LogP contribution in [0.4, 0.5) is 0 Å². The van der Waals surface area contributed by atoms with Gasteiger partial charge in [0.1, 0.15) is 5.70 Å². The van der Waals surface area contributed by atoms with Gasteiger partial charge in [-0.25, -0.2) is 4.79 Å². The fraction of sp³-hybridized carbons (Fsp3) is 0.765. The standard InChI is InChI=1S/C17H27NO5/c1-11(19)18-13(15(20)21-5)7-6-12-10-14(16(12,2)3)17(4)22-8-9-23-17/h7,12,14H,6,8-10H2,1-5H3,(H,18,19)/b13-7-/t12-,14+/m1/s1. The lowest BCUT2D eigenvalue weighted by atomic mass is 9.51. The Hall–Kier alpha value is -1.40. The lowest BCUT2D eigenvalue weighted by Crippen LogP contribution is -2.56. The fourth-order valence-corrected chi connectivity index (χ4v) is 3.78. The summed E-state index contributed by atoms with van der Waals surface area (Å²) in [6.45, 7) is 9.06. The van der Waals surface area contributed by atoms with Gasteiger partial charge in [-0.3, -0.25) is 4.79 Å². The third-order valence-corrected chi connectivity index (χ3v) is 5.29. The van der Waals surface area contributed by atoms with E-state index in [0.29, 0.717) is 31.5 Å². The van der Waals surface area contributed by atoms with Crippen molar-refractivity contribution in [3.63, 3.8) is 0 Å². The molecule has 2 aliphatic rings. The van der Waals surface area contributed by atoms with Gasteiger partial charge in [0.2, 0.25) is 5.91 Å². The maximum atomic E-state index is 11.7. The molecule has 0 aromatic heterocycles. The summed E-state index contributed by atoms with van der Waals surface area (Å²) in [7, 11) is 1.30. The second-order valence-corrected chi connectivity index (χ2v) is 7.05. The molecule has 0 spiro atoms. The third kappa shape index (κ3) is 3.58. The first-order valence-corrected chi connectivity index (χ1v) is 8.04. The zero-order chi connectivity index (χ0) is 17.3. The van der Waals surface area contributed by atoms with Crippen molar-refractivity contribution >= 4 is 11.9 Å². The van der Waals surface area contributed by atoms with Gasteiger partial charge in [0, 0.05) is 12.8 Å². The Kier molecular flexibility index (Phi) is 5.16. The summed E-state index contributed by atoms with van der Waals surface area (Å²) in [6, 6.07) is 0. The molecular formula is C17H27NO5. The van der Waals surface area contributed by atoms with Crippen molar-refractivity contribution in [2.75, 3.05) is 20.3 Å². The average molecular weight is 325 g/mol. The first-order valence-electron chi connectivity index (χ1n) is 8.04. The summed E-state index contributed by atoms with van der Waals surface area (Å²) in [5, 5.41) is 2.53. The van der Waals surface area contributed by atoms with E-state index in [4.69, 9.17) is 14.2 Å². The van der Waals surface area contributed by atoms with Crippen molar-refractivity contribution in [2.45, 2.75) is 46.3 Å². The molecule has 130 valence electrons. The van der Waals surface area contributed by atoms with E-state index in [1.807, 2.05) is 6.92 Å². The molecule has 1 aliphatic heterocycles. The highest BCUT2D eigenvalue weighted by Gasteiger charge is 2.57. The Morgan fingerprint density at radius 1 is 1.26 bits per heavy atom. The van der Waals surface area contributed by atoms with Crippen LogP contribution in [0.2, 0.25) is 0 Å². The van der Waals surface area contributed by atoms with Crippen LogP contribution >= 0.6 is 0 Å². The molecule has 1 heterocycles. The first kappa shape index (κ1) is 17.9. The molecule has 0 radical (unpaired) electrons. The van der Waals surface area contributed by atoms with Crippen LogP contribution in [0.3, 0.4) is 0 Å². The first-order chi connectivity index (χ1) is 10.7. The second-order valence-electron chi connectivity index (χ2n) is 7.05. The van der Waals surface area contributed by atoms with E-state index >= 15 is 0 Å². The molecule has 23 heavy (non-hydrogen) atoms. The maximum Gasteiger partial charge on any atom is 0.354 e. The quantitative estimate of drug-likeness (QED) is 0.618. The van der Waals surface area contributed by atoms with Crippen LogP contribution in [-0.4, -0.2) is 38.0 Å². The molecule has 1 amide bonds. The normalized spacial score (nSPS) is 28.8. The van der Waals surface area contributed by atoms with Gasteiger partial charge in [-0.15, -0.1) is 0 Å². The number of esters is 1. The van der Waals surface area contributed by atoms with Crippen LogP contribution in [0, 0.1) is 17.3 Å². The van der Waals surface area contributed by atoms with Crippen LogP contribution in [-0.2, 0) is 23.8 Å². The molecule has 2 fully saturated rings. The Balaban J connectivity index is 2.02. The van der Waals surface area contributed by atoms with E-state index in [9.17, 15) is 9.59 Å². The number of rotatable bonds is 5. The van der Waals surface area contributed by atoms with Crippen LogP contribution in [0.15, 0.2) is 11.8 Å². The number of nitrogens with one attached hydrogen (secondary N) is 1. The number of methoxy groups -OCH3 is 1. The molecule has 0 aromatic carbocycles. The topological polar surface area (TPSA) is 73.9 Å². The van der Waals surface area contributed by atoms with E-state index in [2.05, 4.69) is 19.2 Å². The maximum absolute atomic E-state index is 11.7.